The number of nitrogens with one attached hydrogen (secondary N) is 1. The number of carbonyl (C=O) groups is 1. The van der Waals surface area contributed by atoms with Gasteiger partial charge in [0, 0.05) is 17.6 Å². The van der Waals surface area contributed by atoms with Crippen LogP contribution in [0.2, 0.25) is 10.0 Å². The topological polar surface area (TPSA) is 64.3 Å². The molecule has 0 aliphatic heterocycles. The third-order valence-corrected chi connectivity index (χ3v) is 3.19. The number of halogens is 2. The summed E-state index contributed by atoms with van der Waals surface area (Å²) in [5.41, 5.74) is 5.63. The second-order valence-electron chi connectivity index (χ2n) is 4.99. The van der Waals surface area contributed by atoms with E-state index in [1.165, 1.54) is 0 Å². The first-order valence-corrected chi connectivity index (χ1v) is 7.25. The van der Waals surface area contributed by atoms with Crippen molar-refractivity contribution in [3.05, 3.63) is 28.2 Å². The maximum Gasteiger partial charge on any atom is 0.258 e. The molecule has 0 saturated heterocycles. The summed E-state index contributed by atoms with van der Waals surface area (Å²) in [5, 5.41) is 3.74. The predicted octanol–water partition coefficient (Wildman–Crippen LogP) is 2.86. The molecule has 1 atom stereocenters. The largest absolute Gasteiger partial charge is 0.482 e. The minimum Gasteiger partial charge on any atom is -0.482 e. The van der Waals surface area contributed by atoms with Gasteiger partial charge in [0.05, 0.1) is 5.02 Å². The summed E-state index contributed by atoms with van der Waals surface area (Å²) in [6, 6.07) is 4.82. The van der Waals surface area contributed by atoms with Crippen molar-refractivity contribution in [1.82, 2.24) is 5.32 Å². The Balaban J connectivity index is 2.46. The number of benzene rings is 1. The molecule has 1 aromatic carbocycles. The fourth-order valence-electron chi connectivity index (χ4n) is 1.79. The van der Waals surface area contributed by atoms with Crippen molar-refractivity contribution in [2.24, 2.45) is 11.7 Å². The normalized spacial score (nSPS) is 12.3. The van der Waals surface area contributed by atoms with Crippen molar-refractivity contribution in [2.45, 2.75) is 26.3 Å². The van der Waals surface area contributed by atoms with Gasteiger partial charge in [-0.15, -0.1) is 0 Å². The summed E-state index contributed by atoms with van der Waals surface area (Å²) in [7, 11) is 0. The van der Waals surface area contributed by atoms with Crippen LogP contribution in [-0.2, 0) is 4.79 Å². The molecule has 0 radical (unpaired) electrons. The van der Waals surface area contributed by atoms with Gasteiger partial charge < -0.3 is 15.8 Å². The first-order chi connectivity index (χ1) is 9.42. The van der Waals surface area contributed by atoms with Crippen LogP contribution in [0.25, 0.3) is 0 Å². The molecule has 20 heavy (non-hydrogen) atoms. The molecule has 1 amide bonds. The van der Waals surface area contributed by atoms with Crippen molar-refractivity contribution < 1.29 is 9.53 Å². The van der Waals surface area contributed by atoms with Crippen molar-refractivity contribution in [3.63, 3.8) is 0 Å². The van der Waals surface area contributed by atoms with Crippen LogP contribution in [0.3, 0.4) is 0 Å². The highest BCUT2D eigenvalue weighted by Gasteiger charge is 2.13. The van der Waals surface area contributed by atoms with Gasteiger partial charge >= 0.3 is 0 Å². The van der Waals surface area contributed by atoms with Gasteiger partial charge in [-0.05, 0) is 30.5 Å². The van der Waals surface area contributed by atoms with Crippen molar-refractivity contribution in [2.75, 3.05) is 13.2 Å². The summed E-state index contributed by atoms with van der Waals surface area (Å²) >= 11 is 11.7. The lowest BCUT2D eigenvalue weighted by Gasteiger charge is -2.19. The maximum atomic E-state index is 11.8. The third kappa shape index (κ3) is 5.99. The van der Waals surface area contributed by atoms with E-state index in [1.807, 2.05) is 0 Å². The predicted molar refractivity (Wildman–Crippen MR) is 82.4 cm³/mol. The van der Waals surface area contributed by atoms with E-state index in [9.17, 15) is 4.79 Å². The molecule has 3 N–H and O–H groups in total. The standard InChI is InChI=1S/C14H20Cl2N2O2/c1-9(2)5-11(7-17)18-14(19)8-20-13-4-3-10(15)6-12(13)16/h3-4,6,9,11H,5,7-8,17H2,1-2H3,(H,18,19). The van der Waals surface area contributed by atoms with Crippen LogP contribution in [0.15, 0.2) is 18.2 Å². The van der Waals surface area contributed by atoms with Gasteiger partial charge in [0.1, 0.15) is 5.75 Å². The molecule has 0 fully saturated rings. The van der Waals surface area contributed by atoms with Gasteiger partial charge in [0.2, 0.25) is 0 Å². The second-order valence-corrected chi connectivity index (χ2v) is 5.84. The Morgan fingerprint density at radius 3 is 2.65 bits per heavy atom. The molecule has 1 rings (SSSR count). The Morgan fingerprint density at radius 2 is 2.10 bits per heavy atom. The number of hydrogen-bond donors (Lipinski definition) is 2. The van der Waals surface area contributed by atoms with Crippen LogP contribution >= 0.6 is 23.2 Å². The van der Waals surface area contributed by atoms with Crippen molar-refractivity contribution >= 4 is 29.1 Å². The zero-order valence-corrected chi connectivity index (χ0v) is 13.2. The third-order valence-electron chi connectivity index (χ3n) is 2.66. The quantitative estimate of drug-likeness (QED) is 0.812. The lowest BCUT2D eigenvalue weighted by atomic mass is 10.0. The molecule has 4 nitrogen and oxygen atoms in total. The van der Waals surface area contributed by atoms with Crippen LogP contribution in [0.4, 0.5) is 0 Å². The Bertz CT molecular complexity index is 453. The van der Waals surface area contributed by atoms with Crippen LogP contribution in [0, 0.1) is 5.92 Å². The molecule has 0 aliphatic rings. The molecule has 0 saturated carbocycles. The molecule has 1 unspecified atom stereocenters. The Kier molecular flexibility index (Phi) is 7.13. The van der Waals surface area contributed by atoms with Crippen LogP contribution in [-0.4, -0.2) is 25.1 Å². The van der Waals surface area contributed by atoms with E-state index >= 15 is 0 Å². The minimum absolute atomic E-state index is 0.0354. The molecular weight excluding hydrogens is 299 g/mol. The molecule has 0 aliphatic carbocycles. The molecule has 0 aromatic heterocycles. The van der Waals surface area contributed by atoms with Gasteiger partial charge in [0.15, 0.2) is 6.61 Å². The zero-order valence-electron chi connectivity index (χ0n) is 11.7. The number of ether oxygens (including phenoxy) is 1. The molecule has 0 heterocycles. The Hall–Kier alpha value is -0.970. The first kappa shape index (κ1) is 17.1. The average Bonchev–Trinajstić information content (AvgIpc) is 2.36. The van der Waals surface area contributed by atoms with E-state index in [-0.39, 0.29) is 18.6 Å². The molecule has 0 spiro atoms. The summed E-state index contributed by atoms with van der Waals surface area (Å²) < 4.78 is 5.36. The summed E-state index contributed by atoms with van der Waals surface area (Å²) in [5.74, 6) is 0.682. The van der Waals surface area contributed by atoms with Crippen LogP contribution in [0.1, 0.15) is 20.3 Å². The van der Waals surface area contributed by atoms with Gasteiger partial charge in [-0.1, -0.05) is 37.0 Å². The minimum atomic E-state index is -0.216. The molecule has 6 heteroatoms. The zero-order chi connectivity index (χ0) is 15.1. The van der Waals surface area contributed by atoms with Crippen molar-refractivity contribution in [1.29, 1.82) is 0 Å². The fraction of sp³-hybridized carbons (Fsp3) is 0.500. The molecule has 0 bridgehead atoms. The number of amides is 1. The van der Waals surface area contributed by atoms with E-state index in [0.717, 1.165) is 6.42 Å². The fourth-order valence-corrected chi connectivity index (χ4v) is 2.25. The van der Waals surface area contributed by atoms with Crippen molar-refractivity contribution in [3.8, 4) is 5.75 Å². The highest BCUT2D eigenvalue weighted by molar-refractivity contribution is 6.35. The van der Waals surface area contributed by atoms with Gasteiger partial charge in [-0.2, -0.15) is 0 Å². The van der Waals surface area contributed by atoms with Gasteiger partial charge in [0.25, 0.3) is 5.91 Å². The number of carbonyl (C=O) groups excluding carboxylic acids is 1. The van der Waals surface area contributed by atoms with Gasteiger partial charge in [-0.25, -0.2) is 0 Å². The van der Waals surface area contributed by atoms with E-state index in [1.54, 1.807) is 18.2 Å². The average molecular weight is 319 g/mol. The molecule has 1 aromatic rings. The lowest BCUT2D eigenvalue weighted by molar-refractivity contribution is -0.123. The second kappa shape index (κ2) is 8.35. The van der Waals surface area contributed by atoms with E-state index in [2.05, 4.69) is 19.2 Å². The Morgan fingerprint density at radius 1 is 1.40 bits per heavy atom. The molecule has 112 valence electrons. The number of rotatable bonds is 7. The highest BCUT2D eigenvalue weighted by Crippen LogP contribution is 2.27. The first-order valence-electron chi connectivity index (χ1n) is 6.49. The van der Waals surface area contributed by atoms with Crippen LogP contribution < -0.4 is 15.8 Å². The SMILES string of the molecule is CC(C)CC(CN)NC(=O)COc1ccc(Cl)cc1Cl. The molecular formula is C14H20Cl2N2O2. The summed E-state index contributed by atoms with van der Waals surface area (Å²) in [6.45, 7) is 4.47. The maximum absolute atomic E-state index is 11.8. The van der Waals surface area contributed by atoms with E-state index < -0.39 is 0 Å². The van der Waals surface area contributed by atoms with E-state index in [4.69, 9.17) is 33.7 Å². The van der Waals surface area contributed by atoms with Crippen LogP contribution in [0.5, 0.6) is 5.75 Å². The van der Waals surface area contributed by atoms with E-state index in [0.29, 0.717) is 28.3 Å². The lowest BCUT2D eigenvalue weighted by Crippen LogP contribution is -2.43. The Labute approximate surface area is 129 Å². The summed E-state index contributed by atoms with van der Waals surface area (Å²) in [4.78, 5) is 11.8. The highest BCUT2D eigenvalue weighted by atomic mass is 35.5. The smallest absolute Gasteiger partial charge is 0.258 e. The monoisotopic (exact) mass is 318 g/mol. The van der Waals surface area contributed by atoms with Gasteiger partial charge in [-0.3, -0.25) is 4.79 Å². The number of nitrogens with two attached hydrogens (primary N) is 1. The number of hydrogen-bond acceptors (Lipinski definition) is 3. The summed E-state index contributed by atoms with van der Waals surface area (Å²) in [6.07, 6.45) is 0.837.